The van der Waals surface area contributed by atoms with Gasteiger partial charge in [0.25, 0.3) is 5.56 Å². The molecule has 4 aromatic rings. The van der Waals surface area contributed by atoms with E-state index in [4.69, 9.17) is 0 Å². The molecule has 0 bridgehead atoms. The maximum absolute atomic E-state index is 11.8. The Balaban J connectivity index is 1.51. The van der Waals surface area contributed by atoms with Crippen molar-refractivity contribution in [3.63, 3.8) is 0 Å². The maximum Gasteiger partial charge on any atom is 0.258 e. The third kappa shape index (κ3) is 3.31. The summed E-state index contributed by atoms with van der Waals surface area (Å²) in [6.45, 7) is 0. The molecule has 2 aromatic carbocycles. The van der Waals surface area contributed by atoms with E-state index in [0.717, 1.165) is 16.8 Å². The van der Waals surface area contributed by atoms with E-state index in [1.165, 1.54) is 17.7 Å². The normalized spacial score (nSPS) is 11.2. The molecule has 0 aliphatic carbocycles. The molecule has 0 aliphatic heterocycles. The van der Waals surface area contributed by atoms with Crippen LogP contribution >= 0.6 is 11.3 Å². The van der Waals surface area contributed by atoms with Gasteiger partial charge in [0.1, 0.15) is 0 Å². The first-order valence-corrected chi connectivity index (χ1v) is 8.45. The molecule has 0 saturated carbocycles. The molecule has 25 heavy (non-hydrogen) atoms. The van der Waals surface area contributed by atoms with Crippen molar-refractivity contribution in [1.29, 1.82) is 0 Å². The van der Waals surface area contributed by atoms with Crippen molar-refractivity contribution in [2.24, 2.45) is 5.10 Å². The van der Waals surface area contributed by atoms with Gasteiger partial charge in [-0.15, -0.1) is 11.3 Å². The van der Waals surface area contributed by atoms with Crippen LogP contribution in [0.25, 0.3) is 22.2 Å². The summed E-state index contributed by atoms with van der Waals surface area (Å²) < 4.78 is 0. The summed E-state index contributed by atoms with van der Waals surface area (Å²) in [5, 5.41) is 7.41. The van der Waals surface area contributed by atoms with Crippen molar-refractivity contribution in [3.05, 3.63) is 76.2 Å². The Morgan fingerprint density at radius 3 is 2.92 bits per heavy atom. The van der Waals surface area contributed by atoms with Gasteiger partial charge in [-0.05, 0) is 17.7 Å². The number of nitrogens with zero attached hydrogens (tertiary/aromatic N) is 3. The molecular weight excluding hydrogens is 334 g/mol. The van der Waals surface area contributed by atoms with Crippen molar-refractivity contribution in [3.8, 4) is 11.3 Å². The summed E-state index contributed by atoms with van der Waals surface area (Å²) in [5.41, 5.74) is 6.19. The van der Waals surface area contributed by atoms with Gasteiger partial charge in [0.2, 0.25) is 5.13 Å². The number of H-pyrrole nitrogens is 1. The van der Waals surface area contributed by atoms with Gasteiger partial charge in [-0.3, -0.25) is 10.2 Å². The van der Waals surface area contributed by atoms with E-state index in [-0.39, 0.29) is 5.56 Å². The molecule has 0 spiro atoms. The Morgan fingerprint density at radius 1 is 1.16 bits per heavy atom. The average molecular weight is 347 g/mol. The Hall–Kier alpha value is -3.32. The Kier molecular flexibility index (Phi) is 4.05. The summed E-state index contributed by atoms with van der Waals surface area (Å²) in [5.74, 6) is 0. The first-order valence-electron chi connectivity index (χ1n) is 7.57. The van der Waals surface area contributed by atoms with Gasteiger partial charge in [-0.1, -0.05) is 36.4 Å². The van der Waals surface area contributed by atoms with Gasteiger partial charge in [0, 0.05) is 10.9 Å². The zero-order chi connectivity index (χ0) is 17.1. The van der Waals surface area contributed by atoms with Crippen LogP contribution in [0.1, 0.15) is 5.56 Å². The van der Waals surface area contributed by atoms with Crippen LogP contribution in [0.15, 0.2) is 70.1 Å². The van der Waals surface area contributed by atoms with Crippen LogP contribution in [0.3, 0.4) is 0 Å². The zero-order valence-electron chi connectivity index (χ0n) is 13.0. The Labute approximate surface area is 146 Å². The standard InChI is InChI=1S/C18H13N5OS/c24-17-14-8-12(6-7-15(14)19-11-20-17)9-21-23-18-22-16(10-25-18)13-4-2-1-3-5-13/h1-11H,(H,22,23)(H,19,20,24). The quantitative estimate of drug-likeness (QED) is 0.437. The van der Waals surface area contributed by atoms with E-state index >= 15 is 0 Å². The summed E-state index contributed by atoms with van der Waals surface area (Å²) in [7, 11) is 0. The van der Waals surface area contributed by atoms with Crippen LogP contribution in [0.4, 0.5) is 5.13 Å². The molecule has 0 saturated heterocycles. The highest BCUT2D eigenvalue weighted by Gasteiger charge is 2.03. The maximum atomic E-state index is 11.8. The molecule has 0 aliphatic rings. The van der Waals surface area contributed by atoms with Gasteiger partial charge < -0.3 is 4.98 Å². The van der Waals surface area contributed by atoms with Crippen LogP contribution < -0.4 is 11.0 Å². The van der Waals surface area contributed by atoms with Crippen LogP contribution in [0.5, 0.6) is 0 Å². The van der Waals surface area contributed by atoms with Crippen LogP contribution in [0.2, 0.25) is 0 Å². The second kappa shape index (κ2) is 6.66. The average Bonchev–Trinajstić information content (AvgIpc) is 3.12. The van der Waals surface area contributed by atoms with Gasteiger partial charge in [-0.25, -0.2) is 9.97 Å². The van der Waals surface area contributed by atoms with E-state index in [9.17, 15) is 4.79 Å². The zero-order valence-corrected chi connectivity index (χ0v) is 13.8. The number of aromatic nitrogens is 3. The summed E-state index contributed by atoms with van der Waals surface area (Å²) >= 11 is 1.48. The molecule has 2 aromatic heterocycles. The number of benzene rings is 2. The lowest BCUT2D eigenvalue weighted by Crippen LogP contribution is -2.06. The van der Waals surface area contributed by atoms with Crippen LogP contribution in [-0.4, -0.2) is 21.2 Å². The molecule has 0 amide bonds. The van der Waals surface area contributed by atoms with E-state index in [2.05, 4.69) is 25.5 Å². The van der Waals surface area contributed by atoms with Gasteiger partial charge in [-0.2, -0.15) is 5.10 Å². The third-order valence-corrected chi connectivity index (χ3v) is 4.36. The SMILES string of the molecule is O=c1[nH]cnc2ccc(C=NNc3nc(-c4ccccc4)cs3)cc12. The number of rotatable bonds is 4. The van der Waals surface area contributed by atoms with Gasteiger partial charge in [0.15, 0.2) is 0 Å². The first-order chi connectivity index (χ1) is 12.3. The second-order valence-electron chi connectivity index (χ2n) is 5.28. The smallest absolute Gasteiger partial charge is 0.258 e. The summed E-state index contributed by atoms with van der Waals surface area (Å²) in [6, 6.07) is 15.4. The summed E-state index contributed by atoms with van der Waals surface area (Å²) in [6.07, 6.45) is 3.04. The molecule has 6 nitrogen and oxygen atoms in total. The number of fused-ring (bicyclic) bond motifs is 1. The van der Waals surface area contributed by atoms with E-state index in [0.29, 0.717) is 16.0 Å². The van der Waals surface area contributed by atoms with E-state index in [1.807, 2.05) is 41.8 Å². The molecule has 2 N–H and O–H groups in total. The lowest BCUT2D eigenvalue weighted by Gasteiger charge is -1.98. The van der Waals surface area contributed by atoms with E-state index in [1.54, 1.807) is 18.3 Å². The minimum absolute atomic E-state index is 0.166. The molecule has 0 unspecified atom stereocenters. The Morgan fingerprint density at radius 2 is 2.04 bits per heavy atom. The molecule has 0 atom stereocenters. The third-order valence-electron chi connectivity index (χ3n) is 3.61. The highest BCUT2D eigenvalue weighted by atomic mass is 32.1. The van der Waals surface area contributed by atoms with Gasteiger partial charge in [0.05, 0.1) is 29.1 Å². The van der Waals surface area contributed by atoms with Crippen molar-refractivity contribution < 1.29 is 0 Å². The van der Waals surface area contributed by atoms with Gasteiger partial charge >= 0.3 is 0 Å². The predicted molar refractivity (Wildman–Crippen MR) is 101 cm³/mol. The molecule has 0 fully saturated rings. The summed E-state index contributed by atoms with van der Waals surface area (Å²) in [4.78, 5) is 23.0. The van der Waals surface area contributed by atoms with Crippen molar-refractivity contribution >= 4 is 33.6 Å². The number of hydrogen-bond donors (Lipinski definition) is 2. The molecule has 4 rings (SSSR count). The molecule has 0 radical (unpaired) electrons. The monoisotopic (exact) mass is 347 g/mol. The number of anilines is 1. The molecular formula is C18H13N5OS. The van der Waals surface area contributed by atoms with Crippen LogP contribution in [-0.2, 0) is 0 Å². The fourth-order valence-corrected chi connectivity index (χ4v) is 3.06. The highest BCUT2D eigenvalue weighted by Crippen LogP contribution is 2.24. The molecule has 2 heterocycles. The minimum atomic E-state index is -0.166. The number of thiazole rings is 1. The fourth-order valence-electron chi connectivity index (χ4n) is 2.40. The highest BCUT2D eigenvalue weighted by molar-refractivity contribution is 7.14. The van der Waals surface area contributed by atoms with Crippen molar-refractivity contribution in [2.75, 3.05) is 5.43 Å². The van der Waals surface area contributed by atoms with Crippen molar-refractivity contribution in [1.82, 2.24) is 15.0 Å². The largest absolute Gasteiger partial charge is 0.313 e. The Bertz CT molecular complexity index is 1100. The number of aromatic amines is 1. The number of hydrogen-bond acceptors (Lipinski definition) is 6. The van der Waals surface area contributed by atoms with Crippen LogP contribution in [0, 0.1) is 0 Å². The number of nitrogens with one attached hydrogen (secondary N) is 2. The first kappa shape index (κ1) is 15.2. The minimum Gasteiger partial charge on any atom is -0.313 e. The van der Waals surface area contributed by atoms with Crippen molar-refractivity contribution in [2.45, 2.75) is 0 Å². The predicted octanol–water partition coefficient (Wildman–Crippen LogP) is 3.49. The lowest BCUT2D eigenvalue weighted by atomic mass is 10.1. The fraction of sp³-hybridized carbons (Fsp3) is 0. The topological polar surface area (TPSA) is 83.0 Å². The van der Waals surface area contributed by atoms with E-state index < -0.39 is 0 Å². The molecule has 122 valence electrons. The lowest BCUT2D eigenvalue weighted by molar-refractivity contribution is 1.17. The molecule has 7 heteroatoms. The second-order valence-corrected chi connectivity index (χ2v) is 6.14. The number of hydrazone groups is 1.